The number of carbonyl (C=O) groups is 3. The average molecular weight is 538 g/mol. The minimum Gasteiger partial charge on any atom is -0.462 e. The molecule has 0 atom stereocenters. The number of non-ortho nitro benzene ring substituents is 1. The number of nitro groups is 1. The monoisotopic (exact) mass is 537 g/mol. The van der Waals surface area contributed by atoms with Crippen molar-refractivity contribution in [1.29, 1.82) is 0 Å². The van der Waals surface area contributed by atoms with Gasteiger partial charge in [0, 0.05) is 27.9 Å². The van der Waals surface area contributed by atoms with E-state index in [1.165, 1.54) is 54.6 Å². The third-order valence-corrected chi connectivity index (χ3v) is 5.20. The van der Waals surface area contributed by atoms with Gasteiger partial charge in [-0.3, -0.25) is 19.7 Å². The Morgan fingerprint density at radius 1 is 0.943 bits per heavy atom. The molecule has 3 aromatic carbocycles. The molecule has 0 unspecified atom stereocenters. The summed E-state index contributed by atoms with van der Waals surface area (Å²) in [6.45, 7) is 1.94. The molecule has 0 bridgehead atoms. The number of nitrogens with zero attached hydrogens (tertiary/aromatic N) is 1. The molecule has 35 heavy (non-hydrogen) atoms. The third kappa shape index (κ3) is 7.08. The number of hydrogen-bond acceptors (Lipinski definition) is 6. The second-order valence-electron chi connectivity index (χ2n) is 7.12. The van der Waals surface area contributed by atoms with Gasteiger partial charge in [0.2, 0.25) is 0 Å². The first kappa shape index (κ1) is 25.3. The Hall–Kier alpha value is -4.31. The minimum absolute atomic E-state index is 0.0822. The molecule has 2 amide bonds. The van der Waals surface area contributed by atoms with Gasteiger partial charge in [0.25, 0.3) is 17.5 Å². The number of hydrogen-bond donors (Lipinski definition) is 2. The number of ether oxygens (including phenoxy) is 1. The molecule has 0 saturated carbocycles. The Kier molecular flexibility index (Phi) is 8.47. The highest BCUT2D eigenvalue weighted by molar-refractivity contribution is 9.10. The lowest BCUT2D eigenvalue weighted by molar-refractivity contribution is -0.384. The van der Waals surface area contributed by atoms with Crippen molar-refractivity contribution in [2.75, 3.05) is 11.9 Å². The van der Waals surface area contributed by atoms with Crippen molar-refractivity contribution in [1.82, 2.24) is 5.32 Å². The van der Waals surface area contributed by atoms with Crippen LogP contribution in [0.4, 0.5) is 11.4 Å². The quantitative estimate of drug-likeness (QED) is 0.181. The molecule has 2 N–H and O–H groups in total. The molecule has 0 spiro atoms. The van der Waals surface area contributed by atoms with E-state index in [4.69, 9.17) is 4.74 Å². The molecule has 0 saturated heterocycles. The van der Waals surface area contributed by atoms with Crippen molar-refractivity contribution in [3.05, 3.63) is 110 Å². The van der Waals surface area contributed by atoms with Crippen LogP contribution in [-0.4, -0.2) is 29.3 Å². The second-order valence-corrected chi connectivity index (χ2v) is 8.04. The summed E-state index contributed by atoms with van der Waals surface area (Å²) in [4.78, 5) is 48.0. The van der Waals surface area contributed by atoms with Crippen LogP contribution in [0.15, 0.2) is 83.0 Å². The zero-order valence-electron chi connectivity index (χ0n) is 18.5. The van der Waals surface area contributed by atoms with E-state index >= 15 is 0 Å². The predicted octanol–water partition coefficient (Wildman–Crippen LogP) is 4.94. The Bertz CT molecular complexity index is 1270. The molecule has 0 aromatic heterocycles. The van der Waals surface area contributed by atoms with Crippen LogP contribution in [0.2, 0.25) is 0 Å². The topological polar surface area (TPSA) is 128 Å². The van der Waals surface area contributed by atoms with Crippen molar-refractivity contribution >= 4 is 51.2 Å². The van der Waals surface area contributed by atoms with Crippen molar-refractivity contribution in [2.45, 2.75) is 6.92 Å². The van der Waals surface area contributed by atoms with Crippen LogP contribution in [-0.2, 0) is 9.53 Å². The second kappa shape index (κ2) is 11.7. The van der Waals surface area contributed by atoms with Crippen LogP contribution in [0.3, 0.4) is 0 Å². The maximum Gasteiger partial charge on any atom is 0.338 e. The van der Waals surface area contributed by atoms with Gasteiger partial charge in [-0.05, 0) is 79.2 Å². The molecule has 0 aliphatic rings. The van der Waals surface area contributed by atoms with Gasteiger partial charge in [-0.15, -0.1) is 0 Å². The number of carbonyl (C=O) groups excluding carboxylic acids is 3. The summed E-state index contributed by atoms with van der Waals surface area (Å²) in [5.74, 6) is -1.62. The highest BCUT2D eigenvalue weighted by Crippen LogP contribution is 2.17. The van der Waals surface area contributed by atoms with Gasteiger partial charge in [-0.1, -0.05) is 15.9 Å². The van der Waals surface area contributed by atoms with E-state index in [9.17, 15) is 24.5 Å². The van der Waals surface area contributed by atoms with Crippen LogP contribution < -0.4 is 10.6 Å². The first-order chi connectivity index (χ1) is 16.8. The third-order valence-electron chi connectivity index (χ3n) is 4.67. The standard InChI is InChI=1S/C25H20BrN3O6/c1-2-35-25(32)18-7-11-20(12-8-18)27-24(31)22(15-16-3-13-21(14-4-16)29(33)34)28-23(30)17-5-9-19(26)10-6-17/h3-15H,2H2,1H3,(H,27,31)(H,28,30)/b22-15+. The lowest BCUT2D eigenvalue weighted by atomic mass is 10.1. The summed E-state index contributed by atoms with van der Waals surface area (Å²) in [5.41, 5.74) is 1.32. The van der Waals surface area contributed by atoms with Gasteiger partial charge < -0.3 is 15.4 Å². The van der Waals surface area contributed by atoms with Gasteiger partial charge in [-0.25, -0.2) is 4.79 Å². The average Bonchev–Trinajstić information content (AvgIpc) is 2.85. The number of amides is 2. The number of halogens is 1. The van der Waals surface area contributed by atoms with Crippen molar-refractivity contribution in [2.24, 2.45) is 0 Å². The Morgan fingerprint density at radius 3 is 2.11 bits per heavy atom. The van der Waals surface area contributed by atoms with Crippen LogP contribution in [0.5, 0.6) is 0 Å². The van der Waals surface area contributed by atoms with E-state index < -0.39 is 22.7 Å². The number of anilines is 1. The van der Waals surface area contributed by atoms with Gasteiger partial charge >= 0.3 is 5.97 Å². The van der Waals surface area contributed by atoms with Gasteiger partial charge in [0.15, 0.2) is 0 Å². The Labute approximate surface area is 209 Å². The van der Waals surface area contributed by atoms with Gasteiger partial charge in [0.05, 0.1) is 17.1 Å². The molecule has 0 fully saturated rings. The number of nitro benzene ring substituents is 1. The summed E-state index contributed by atoms with van der Waals surface area (Å²) in [7, 11) is 0. The number of rotatable bonds is 8. The molecule has 9 nitrogen and oxygen atoms in total. The summed E-state index contributed by atoms with van der Waals surface area (Å²) in [6.07, 6.45) is 1.41. The van der Waals surface area contributed by atoms with E-state index in [-0.39, 0.29) is 18.0 Å². The van der Waals surface area contributed by atoms with E-state index in [1.54, 1.807) is 31.2 Å². The largest absolute Gasteiger partial charge is 0.462 e. The summed E-state index contributed by atoms with van der Waals surface area (Å²) >= 11 is 3.30. The molecule has 0 aliphatic carbocycles. The fourth-order valence-corrected chi connectivity index (χ4v) is 3.18. The molecular weight excluding hydrogens is 518 g/mol. The number of benzene rings is 3. The molecule has 0 heterocycles. The number of esters is 1. The molecular formula is C25H20BrN3O6. The van der Waals surface area contributed by atoms with E-state index in [1.807, 2.05) is 0 Å². The zero-order chi connectivity index (χ0) is 25.4. The van der Waals surface area contributed by atoms with Crippen LogP contribution in [0.1, 0.15) is 33.2 Å². The molecule has 0 radical (unpaired) electrons. The summed E-state index contributed by atoms with van der Waals surface area (Å²) in [5, 5.41) is 16.2. The molecule has 3 aromatic rings. The lowest BCUT2D eigenvalue weighted by Gasteiger charge is -2.12. The van der Waals surface area contributed by atoms with E-state index in [0.717, 1.165) is 4.47 Å². The number of nitrogens with one attached hydrogen (secondary N) is 2. The molecule has 0 aliphatic heterocycles. The maximum absolute atomic E-state index is 13.0. The van der Waals surface area contributed by atoms with E-state index in [0.29, 0.717) is 22.4 Å². The fourth-order valence-electron chi connectivity index (χ4n) is 2.92. The summed E-state index contributed by atoms with van der Waals surface area (Å²) in [6, 6.07) is 18.2. The molecule has 178 valence electrons. The summed E-state index contributed by atoms with van der Waals surface area (Å²) < 4.78 is 5.73. The van der Waals surface area contributed by atoms with Crippen LogP contribution >= 0.6 is 15.9 Å². The Morgan fingerprint density at radius 2 is 1.54 bits per heavy atom. The van der Waals surface area contributed by atoms with Gasteiger partial charge in [-0.2, -0.15) is 0 Å². The van der Waals surface area contributed by atoms with Crippen LogP contribution in [0, 0.1) is 10.1 Å². The Balaban J connectivity index is 1.85. The minimum atomic E-state index is -0.627. The normalized spacial score (nSPS) is 10.9. The highest BCUT2D eigenvalue weighted by atomic mass is 79.9. The van der Waals surface area contributed by atoms with E-state index in [2.05, 4.69) is 26.6 Å². The molecule has 10 heteroatoms. The fraction of sp³-hybridized carbons (Fsp3) is 0.0800. The van der Waals surface area contributed by atoms with Crippen LogP contribution in [0.25, 0.3) is 6.08 Å². The molecule has 3 rings (SSSR count). The predicted molar refractivity (Wildman–Crippen MR) is 134 cm³/mol. The van der Waals surface area contributed by atoms with Crippen molar-refractivity contribution in [3.8, 4) is 0 Å². The first-order valence-corrected chi connectivity index (χ1v) is 11.2. The highest BCUT2D eigenvalue weighted by Gasteiger charge is 2.16. The van der Waals surface area contributed by atoms with Crippen molar-refractivity contribution < 1.29 is 24.0 Å². The van der Waals surface area contributed by atoms with Gasteiger partial charge in [0.1, 0.15) is 5.70 Å². The zero-order valence-corrected chi connectivity index (χ0v) is 20.1. The lowest BCUT2D eigenvalue weighted by Crippen LogP contribution is -2.30. The maximum atomic E-state index is 13.0. The first-order valence-electron chi connectivity index (χ1n) is 10.4. The smallest absolute Gasteiger partial charge is 0.338 e. The van der Waals surface area contributed by atoms with Crippen molar-refractivity contribution in [3.63, 3.8) is 0 Å². The SMILES string of the molecule is CCOC(=O)c1ccc(NC(=O)/C(=C\c2ccc([N+](=O)[O-])cc2)NC(=O)c2ccc(Br)cc2)cc1.